The number of rotatable bonds is 2. The second-order valence-electron chi connectivity index (χ2n) is 4.12. The summed E-state index contributed by atoms with van der Waals surface area (Å²) in [4.78, 5) is 16.0. The third-order valence-electron chi connectivity index (χ3n) is 2.75. The molecule has 0 saturated carbocycles. The zero-order chi connectivity index (χ0) is 13.4. The van der Waals surface area contributed by atoms with E-state index in [2.05, 4.69) is 20.9 Å². The van der Waals surface area contributed by atoms with Crippen molar-refractivity contribution in [3.05, 3.63) is 57.2 Å². The van der Waals surface area contributed by atoms with Crippen molar-refractivity contribution in [3.63, 3.8) is 0 Å². The van der Waals surface area contributed by atoms with Crippen molar-refractivity contribution in [2.24, 2.45) is 0 Å². The summed E-state index contributed by atoms with van der Waals surface area (Å²) in [6.45, 7) is 0.270. The second-order valence-corrected chi connectivity index (χ2v) is 5.03. The van der Waals surface area contributed by atoms with Gasteiger partial charge in [0.1, 0.15) is 12.1 Å². The van der Waals surface area contributed by atoms with Crippen molar-refractivity contribution in [2.45, 2.75) is 6.54 Å². The van der Waals surface area contributed by atoms with Crippen molar-refractivity contribution in [2.75, 3.05) is 5.73 Å². The summed E-state index contributed by atoms with van der Waals surface area (Å²) in [6.07, 6.45) is 1.69. The highest BCUT2D eigenvalue weighted by molar-refractivity contribution is 9.10. The maximum absolute atomic E-state index is 11.7. The molecule has 19 heavy (non-hydrogen) atoms. The maximum Gasteiger partial charge on any atom is 0.251 e. The molecule has 0 bridgehead atoms. The number of benzene rings is 1. The molecule has 2 heterocycles. The Morgan fingerprint density at radius 1 is 1.32 bits per heavy atom. The van der Waals surface area contributed by atoms with Gasteiger partial charge < -0.3 is 14.7 Å². The van der Waals surface area contributed by atoms with Crippen LogP contribution in [0, 0.1) is 0 Å². The minimum atomic E-state index is -0.113. The molecule has 2 aromatic heterocycles. The van der Waals surface area contributed by atoms with E-state index < -0.39 is 0 Å². The number of para-hydroxylation sites is 1. The van der Waals surface area contributed by atoms with E-state index in [4.69, 9.17) is 10.2 Å². The number of halogens is 1. The van der Waals surface area contributed by atoms with Gasteiger partial charge in [-0.15, -0.1) is 0 Å². The molecule has 0 amide bonds. The zero-order valence-corrected chi connectivity index (χ0v) is 11.4. The second kappa shape index (κ2) is 4.55. The molecule has 96 valence electrons. The number of aromatic nitrogens is 2. The van der Waals surface area contributed by atoms with Crippen LogP contribution in [-0.4, -0.2) is 9.55 Å². The Hall–Kier alpha value is -2.08. The van der Waals surface area contributed by atoms with Crippen LogP contribution in [0.2, 0.25) is 0 Å². The minimum Gasteiger partial charge on any atom is -0.439 e. The Bertz CT molecular complexity index is 807. The normalized spacial score (nSPS) is 11.0. The number of oxazole rings is 1. The van der Waals surface area contributed by atoms with E-state index in [0.717, 1.165) is 4.47 Å². The Morgan fingerprint density at radius 2 is 2.16 bits per heavy atom. The first-order chi connectivity index (χ1) is 9.13. The number of fused-ring (bicyclic) bond motifs is 1. The lowest BCUT2D eigenvalue weighted by atomic mass is 10.3. The molecule has 5 nitrogen and oxygen atoms in total. The molecular formula is C13H10BrN3O2. The van der Waals surface area contributed by atoms with Gasteiger partial charge in [0.15, 0.2) is 5.58 Å². The monoisotopic (exact) mass is 319 g/mol. The summed E-state index contributed by atoms with van der Waals surface area (Å²) in [5, 5.41) is 0. The van der Waals surface area contributed by atoms with Crippen molar-refractivity contribution < 1.29 is 4.42 Å². The van der Waals surface area contributed by atoms with E-state index in [-0.39, 0.29) is 12.1 Å². The van der Waals surface area contributed by atoms with Gasteiger partial charge in [0.05, 0.1) is 5.69 Å². The van der Waals surface area contributed by atoms with E-state index in [9.17, 15) is 4.79 Å². The minimum absolute atomic E-state index is 0.113. The molecule has 0 fully saturated rings. The lowest BCUT2D eigenvalue weighted by Gasteiger charge is -2.01. The van der Waals surface area contributed by atoms with Crippen LogP contribution in [0.3, 0.4) is 0 Å². The Labute approximate surface area is 116 Å². The third kappa shape index (κ3) is 2.26. The van der Waals surface area contributed by atoms with Crippen molar-refractivity contribution in [1.82, 2.24) is 9.55 Å². The van der Waals surface area contributed by atoms with Crippen molar-refractivity contribution in [3.8, 4) is 0 Å². The Balaban J connectivity index is 2.04. The van der Waals surface area contributed by atoms with Crippen LogP contribution >= 0.6 is 15.9 Å². The predicted octanol–water partition coefficient (Wildman–Crippen LogP) is 2.38. The molecule has 3 rings (SSSR count). The van der Waals surface area contributed by atoms with Gasteiger partial charge in [-0.05, 0) is 34.1 Å². The lowest BCUT2D eigenvalue weighted by molar-refractivity contribution is 0.504. The highest BCUT2D eigenvalue weighted by atomic mass is 79.9. The first kappa shape index (κ1) is 12.0. The summed E-state index contributed by atoms with van der Waals surface area (Å²) >= 11 is 3.33. The molecule has 0 unspecified atom stereocenters. The summed E-state index contributed by atoms with van der Waals surface area (Å²) in [7, 11) is 0. The van der Waals surface area contributed by atoms with E-state index in [1.807, 2.05) is 0 Å². The zero-order valence-electron chi connectivity index (χ0n) is 9.84. The largest absolute Gasteiger partial charge is 0.439 e. The molecule has 0 aliphatic rings. The summed E-state index contributed by atoms with van der Waals surface area (Å²) < 4.78 is 7.92. The van der Waals surface area contributed by atoms with Crippen LogP contribution in [0.15, 0.2) is 50.2 Å². The molecule has 0 spiro atoms. The number of nitrogens with two attached hydrogens (primary N) is 1. The number of hydrogen-bond donors (Lipinski definition) is 1. The van der Waals surface area contributed by atoms with E-state index in [0.29, 0.717) is 22.7 Å². The average Bonchev–Trinajstić information content (AvgIpc) is 2.78. The lowest BCUT2D eigenvalue weighted by Crippen LogP contribution is -2.18. The quantitative estimate of drug-likeness (QED) is 0.736. The first-order valence-electron chi connectivity index (χ1n) is 5.63. The summed E-state index contributed by atoms with van der Waals surface area (Å²) in [5.74, 6) is 0.452. The predicted molar refractivity (Wildman–Crippen MR) is 75.9 cm³/mol. The van der Waals surface area contributed by atoms with Gasteiger partial charge in [-0.2, -0.15) is 0 Å². The Morgan fingerprint density at radius 3 is 2.95 bits per heavy atom. The summed E-state index contributed by atoms with van der Waals surface area (Å²) in [5.41, 5.74) is 7.52. The van der Waals surface area contributed by atoms with E-state index in [1.54, 1.807) is 30.5 Å². The van der Waals surface area contributed by atoms with E-state index >= 15 is 0 Å². The van der Waals surface area contributed by atoms with Gasteiger partial charge in [-0.1, -0.05) is 6.07 Å². The van der Waals surface area contributed by atoms with Gasteiger partial charge in [-0.25, -0.2) is 4.98 Å². The van der Waals surface area contributed by atoms with Crippen LogP contribution in [0.1, 0.15) is 5.89 Å². The van der Waals surface area contributed by atoms with Gasteiger partial charge >= 0.3 is 0 Å². The number of hydrogen-bond acceptors (Lipinski definition) is 4. The molecular weight excluding hydrogens is 310 g/mol. The van der Waals surface area contributed by atoms with Gasteiger partial charge in [0, 0.05) is 16.7 Å². The fraction of sp³-hybridized carbons (Fsp3) is 0.0769. The van der Waals surface area contributed by atoms with Crippen LogP contribution in [-0.2, 0) is 6.54 Å². The van der Waals surface area contributed by atoms with Gasteiger partial charge in [-0.3, -0.25) is 4.79 Å². The topological polar surface area (TPSA) is 74.0 Å². The molecule has 0 atom stereocenters. The standard InChI is InChI=1S/C13H10BrN3O2/c14-8-4-5-12(18)17(6-8)7-11-16-13-9(15)2-1-3-10(13)19-11/h1-6H,7,15H2. The molecule has 0 aliphatic carbocycles. The number of nitrogens with zero attached hydrogens (tertiary/aromatic N) is 2. The number of pyridine rings is 1. The summed E-state index contributed by atoms with van der Waals surface area (Å²) in [6, 6.07) is 8.55. The molecule has 0 radical (unpaired) electrons. The average molecular weight is 320 g/mol. The first-order valence-corrected chi connectivity index (χ1v) is 6.43. The van der Waals surface area contributed by atoms with E-state index in [1.165, 1.54) is 10.6 Å². The SMILES string of the molecule is Nc1cccc2oc(Cn3cc(Br)ccc3=O)nc12. The molecule has 0 aliphatic heterocycles. The highest BCUT2D eigenvalue weighted by Gasteiger charge is 2.09. The van der Waals surface area contributed by atoms with Gasteiger partial charge in [0.2, 0.25) is 5.89 Å². The molecule has 0 saturated heterocycles. The maximum atomic E-state index is 11.7. The van der Waals surface area contributed by atoms with Crippen LogP contribution < -0.4 is 11.3 Å². The van der Waals surface area contributed by atoms with Crippen molar-refractivity contribution in [1.29, 1.82) is 0 Å². The molecule has 6 heteroatoms. The fourth-order valence-corrected chi connectivity index (χ4v) is 2.23. The number of anilines is 1. The molecule has 2 N–H and O–H groups in total. The fourth-order valence-electron chi connectivity index (χ4n) is 1.85. The smallest absolute Gasteiger partial charge is 0.251 e. The third-order valence-corrected chi connectivity index (χ3v) is 3.22. The van der Waals surface area contributed by atoms with Crippen LogP contribution in [0.25, 0.3) is 11.1 Å². The Kier molecular flexibility index (Phi) is 2.87. The molecule has 1 aromatic carbocycles. The highest BCUT2D eigenvalue weighted by Crippen LogP contribution is 2.21. The van der Waals surface area contributed by atoms with Gasteiger partial charge in [0.25, 0.3) is 5.56 Å². The van der Waals surface area contributed by atoms with Crippen LogP contribution in [0.4, 0.5) is 5.69 Å². The van der Waals surface area contributed by atoms with Crippen LogP contribution in [0.5, 0.6) is 0 Å². The molecule has 3 aromatic rings. The number of nitrogen functional groups attached to an aromatic ring is 1. The van der Waals surface area contributed by atoms with Crippen molar-refractivity contribution >= 4 is 32.7 Å².